The minimum Gasteiger partial charge on any atom is -0.274 e. The lowest BCUT2D eigenvalue weighted by Crippen LogP contribution is -2.32. The molecule has 4 atom stereocenters. The summed E-state index contributed by atoms with van der Waals surface area (Å²) in [6.45, 7) is 0. The summed E-state index contributed by atoms with van der Waals surface area (Å²) in [7, 11) is 0. The Morgan fingerprint density at radius 1 is 0.947 bits per heavy atom. The molecule has 3 aliphatic rings. The monoisotopic (exact) mass is 319 g/mol. The van der Waals surface area contributed by atoms with Crippen molar-refractivity contribution in [2.45, 2.75) is 19.3 Å². The summed E-state index contributed by atoms with van der Waals surface area (Å²) in [4.78, 5) is 26.6. The lowest BCUT2D eigenvalue weighted by atomic mass is 9.81. The van der Waals surface area contributed by atoms with Gasteiger partial charge in [-0.05, 0) is 55.4 Å². The highest BCUT2D eigenvalue weighted by atomic mass is 79.9. The average molecular weight is 320 g/mol. The Hall–Kier alpha value is -1.16. The second-order valence-corrected chi connectivity index (χ2v) is 6.79. The Labute approximate surface area is 120 Å². The van der Waals surface area contributed by atoms with E-state index in [2.05, 4.69) is 15.9 Å². The topological polar surface area (TPSA) is 37.4 Å². The van der Waals surface area contributed by atoms with Crippen molar-refractivity contribution in [2.75, 3.05) is 4.90 Å². The predicted molar refractivity (Wildman–Crippen MR) is 74.4 cm³/mol. The molecule has 2 bridgehead atoms. The van der Waals surface area contributed by atoms with Crippen LogP contribution in [0.5, 0.6) is 0 Å². The highest BCUT2D eigenvalue weighted by Gasteiger charge is 2.61. The third-order valence-electron chi connectivity index (χ3n) is 5.01. The van der Waals surface area contributed by atoms with Crippen molar-refractivity contribution >= 4 is 33.4 Å². The summed E-state index contributed by atoms with van der Waals surface area (Å²) in [5.74, 6) is 0.901. The number of rotatable bonds is 1. The van der Waals surface area contributed by atoms with Crippen molar-refractivity contribution in [1.82, 2.24) is 0 Å². The highest BCUT2D eigenvalue weighted by molar-refractivity contribution is 9.10. The van der Waals surface area contributed by atoms with Crippen molar-refractivity contribution in [3.8, 4) is 0 Å². The van der Waals surface area contributed by atoms with E-state index < -0.39 is 0 Å². The number of carbonyl (C=O) groups is 2. The van der Waals surface area contributed by atoms with Gasteiger partial charge in [-0.1, -0.05) is 15.9 Å². The molecule has 3 nitrogen and oxygen atoms in total. The summed E-state index contributed by atoms with van der Waals surface area (Å²) in [5.41, 5.74) is 0.715. The van der Waals surface area contributed by atoms with E-state index >= 15 is 0 Å². The first-order valence-electron chi connectivity index (χ1n) is 6.80. The lowest BCUT2D eigenvalue weighted by Gasteiger charge is -2.19. The first-order valence-corrected chi connectivity index (χ1v) is 7.59. The van der Waals surface area contributed by atoms with E-state index in [1.807, 2.05) is 24.3 Å². The quantitative estimate of drug-likeness (QED) is 0.746. The molecule has 0 unspecified atom stereocenters. The van der Waals surface area contributed by atoms with Gasteiger partial charge in [-0.2, -0.15) is 0 Å². The molecule has 2 amide bonds. The van der Waals surface area contributed by atoms with E-state index in [0.717, 1.165) is 23.7 Å². The van der Waals surface area contributed by atoms with Gasteiger partial charge in [0.2, 0.25) is 11.8 Å². The zero-order valence-electron chi connectivity index (χ0n) is 10.4. The molecule has 19 heavy (non-hydrogen) atoms. The number of anilines is 1. The first-order chi connectivity index (χ1) is 9.16. The first kappa shape index (κ1) is 11.6. The molecule has 4 rings (SSSR count). The third kappa shape index (κ3) is 1.49. The van der Waals surface area contributed by atoms with Gasteiger partial charge in [0.1, 0.15) is 0 Å². The van der Waals surface area contributed by atoms with Crippen molar-refractivity contribution in [2.24, 2.45) is 23.7 Å². The molecule has 1 heterocycles. The number of amides is 2. The maximum atomic E-state index is 12.6. The minimum absolute atomic E-state index is 0.0320. The molecule has 0 radical (unpaired) electrons. The van der Waals surface area contributed by atoms with Crippen molar-refractivity contribution in [3.63, 3.8) is 0 Å². The summed E-state index contributed by atoms with van der Waals surface area (Å²) in [5, 5.41) is 0. The lowest BCUT2D eigenvalue weighted by molar-refractivity contribution is -0.123. The van der Waals surface area contributed by atoms with E-state index in [-0.39, 0.29) is 23.7 Å². The van der Waals surface area contributed by atoms with Gasteiger partial charge in [0.25, 0.3) is 0 Å². The maximum absolute atomic E-state index is 12.6. The molecule has 1 aromatic rings. The van der Waals surface area contributed by atoms with Gasteiger partial charge in [0.05, 0.1) is 17.5 Å². The number of hydrogen-bond acceptors (Lipinski definition) is 2. The fourth-order valence-corrected chi connectivity index (χ4v) is 4.52. The van der Waals surface area contributed by atoms with Crippen LogP contribution in [-0.2, 0) is 9.59 Å². The van der Waals surface area contributed by atoms with E-state index in [1.54, 1.807) is 0 Å². The molecular formula is C15H14BrNO2. The normalized spacial score (nSPS) is 36.2. The molecule has 98 valence electrons. The minimum atomic E-state index is -0.0325. The summed E-state index contributed by atoms with van der Waals surface area (Å²) < 4.78 is 0.954. The van der Waals surface area contributed by atoms with Crippen molar-refractivity contribution < 1.29 is 9.59 Å². The molecule has 0 N–H and O–H groups in total. The number of carbonyl (C=O) groups excluding carboxylic acids is 2. The third-order valence-corrected chi connectivity index (χ3v) is 5.54. The van der Waals surface area contributed by atoms with Gasteiger partial charge in [0.15, 0.2) is 0 Å². The van der Waals surface area contributed by atoms with Crippen LogP contribution in [0.25, 0.3) is 0 Å². The van der Waals surface area contributed by atoms with Crippen LogP contribution in [0.2, 0.25) is 0 Å². The van der Waals surface area contributed by atoms with Crippen LogP contribution in [0.3, 0.4) is 0 Å². The average Bonchev–Trinajstić information content (AvgIpc) is 3.06. The zero-order valence-corrected chi connectivity index (χ0v) is 12.0. The van der Waals surface area contributed by atoms with E-state index in [0.29, 0.717) is 17.5 Å². The summed E-state index contributed by atoms with van der Waals surface area (Å²) in [6.07, 6.45) is 3.33. The second-order valence-electron chi connectivity index (χ2n) is 5.87. The Balaban J connectivity index is 1.73. The van der Waals surface area contributed by atoms with Crippen molar-refractivity contribution in [1.29, 1.82) is 0 Å². The van der Waals surface area contributed by atoms with Gasteiger partial charge >= 0.3 is 0 Å². The number of hydrogen-bond donors (Lipinski definition) is 0. The Morgan fingerprint density at radius 2 is 1.47 bits per heavy atom. The highest BCUT2D eigenvalue weighted by Crippen LogP contribution is 2.56. The van der Waals surface area contributed by atoms with Gasteiger partial charge in [0, 0.05) is 4.47 Å². The van der Waals surface area contributed by atoms with Crippen molar-refractivity contribution in [3.05, 3.63) is 28.7 Å². The van der Waals surface area contributed by atoms with E-state index in [4.69, 9.17) is 0 Å². The molecule has 1 aromatic carbocycles. The fraction of sp³-hybridized carbons (Fsp3) is 0.467. The summed E-state index contributed by atoms with van der Waals surface area (Å²) >= 11 is 3.37. The number of nitrogens with zero attached hydrogens (tertiary/aromatic N) is 1. The molecule has 3 fully saturated rings. The van der Waals surface area contributed by atoms with Crippen LogP contribution in [0.15, 0.2) is 28.7 Å². The Kier molecular flexibility index (Phi) is 2.40. The van der Waals surface area contributed by atoms with Crippen LogP contribution >= 0.6 is 15.9 Å². The molecule has 2 aliphatic carbocycles. The van der Waals surface area contributed by atoms with Gasteiger partial charge in [-0.3, -0.25) is 14.5 Å². The van der Waals surface area contributed by atoms with Crippen LogP contribution < -0.4 is 4.90 Å². The van der Waals surface area contributed by atoms with E-state index in [1.165, 1.54) is 4.90 Å². The Morgan fingerprint density at radius 3 is 2.00 bits per heavy atom. The van der Waals surface area contributed by atoms with Gasteiger partial charge < -0.3 is 0 Å². The standard InChI is InChI=1S/C15H14BrNO2/c16-10-3-5-11(6-4-10)17-14(18)12-8-1-2-9(7-8)13(12)15(17)19/h3-6,8-9,12-13H,1-2,7H2/t8-,9-,12-,13+/m1/s1. The molecule has 0 aromatic heterocycles. The SMILES string of the molecule is O=C1[C@@H]2[C@@H]3CC[C@H](C3)[C@@H]2C(=O)N1c1ccc(Br)cc1. The van der Waals surface area contributed by atoms with Crippen LogP contribution in [0.4, 0.5) is 5.69 Å². The van der Waals surface area contributed by atoms with E-state index in [9.17, 15) is 9.59 Å². The van der Waals surface area contributed by atoms with Gasteiger partial charge in [-0.15, -0.1) is 0 Å². The zero-order chi connectivity index (χ0) is 13.1. The van der Waals surface area contributed by atoms with Crippen LogP contribution in [-0.4, -0.2) is 11.8 Å². The Bertz CT molecular complexity index is 540. The van der Waals surface area contributed by atoms with Crippen LogP contribution in [0.1, 0.15) is 19.3 Å². The number of benzene rings is 1. The molecule has 4 heteroatoms. The number of fused-ring (bicyclic) bond motifs is 5. The second kappa shape index (κ2) is 3.92. The predicted octanol–water partition coefficient (Wildman–Crippen LogP) is 2.98. The smallest absolute Gasteiger partial charge is 0.237 e. The van der Waals surface area contributed by atoms with Gasteiger partial charge in [-0.25, -0.2) is 0 Å². The molecule has 2 saturated carbocycles. The largest absolute Gasteiger partial charge is 0.274 e. The number of imide groups is 1. The molecule has 0 spiro atoms. The molecule has 1 aliphatic heterocycles. The summed E-state index contributed by atoms with van der Waals surface area (Å²) in [6, 6.07) is 7.42. The maximum Gasteiger partial charge on any atom is 0.237 e. The van der Waals surface area contributed by atoms with Crippen LogP contribution in [0, 0.1) is 23.7 Å². The number of halogens is 1. The molecule has 1 saturated heterocycles. The molecular weight excluding hydrogens is 306 g/mol. The fourth-order valence-electron chi connectivity index (χ4n) is 4.25.